The van der Waals surface area contributed by atoms with Crippen LogP contribution in [0.1, 0.15) is 31.2 Å². The largest absolute Gasteiger partial charge is 0.354 e. The average Bonchev–Trinajstić information content (AvgIpc) is 2.77. The first-order valence-electron chi connectivity index (χ1n) is 6.27. The Balaban J connectivity index is 1.58. The van der Waals surface area contributed by atoms with Crippen LogP contribution in [0.3, 0.4) is 0 Å². The molecule has 3 nitrogen and oxygen atoms in total. The maximum Gasteiger partial charge on any atom is 0.147 e. The van der Waals surface area contributed by atoms with Gasteiger partial charge in [0.2, 0.25) is 0 Å². The summed E-state index contributed by atoms with van der Waals surface area (Å²) in [7, 11) is 0. The van der Waals surface area contributed by atoms with Gasteiger partial charge in [0.25, 0.3) is 0 Å². The van der Waals surface area contributed by atoms with Gasteiger partial charge in [-0.25, -0.2) is 0 Å². The molecule has 1 saturated carbocycles. The zero-order valence-corrected chi connectivity index (χ0v) is 10.2. The molecule has 1 aromatic carbocycles. The van der Waals surface area contributed by atoms with Crippen molar-refractivity contribution < 1.29 is 9.47 Å². The minimum Gasteiger partial charge on any atom is -0.354 e. The Morgan fingerprint density at radius 3 is 2.47 bits per heavy atom. The van der Waals surface area contributed by atoms with Crippen molar-refractivity contribution >= 4 is 0 Å². The summed E-state index contributed by atoms with van der Waals surface area (Å²) in [5.74, 6) is 0. The highest BCUT2D eigenvalue weighted by molar-refractivity contribution is 5.13. The molecular formula is C14H21NO2. The summed E-state index contributed by atoms with van der Waals surface area (Å²) >= 11 is 0. The molecular weight excluding hydrogens is 214 g/mol. The molecule has 1 fully saturated rings. The SMILES string of the molecule is NC1(COCOCc2ccccc2)CCCC1. The lowest BCUT2D eigenvalue weighted by atomic mass is 10.0. The first-order valence-corrected chi connectivity index (χ1v) is 6.27. The number of rotatable bonds is 6. The molecule has 0 amide bonds. The van der Waals surface area contributed by atoms with Crippen LogP contribution in [0, 0.1) is 0 Å². The summed E-state index contributed by atoms with van der Waals surface area (Å²) in [5, 5.41) is 0. The molecule has 1 aliphatic rings. The van der Waals surface area contributed by atoms with E-state index in [0.717, 1.165) is 12.8 Å². The lowest BCUT2D eigenvalue weighted by Gasteiger charge is -2.22. The van der Waals surface area contributed by atoms with E-state index in [0.29, 0.717) is 20.0 Å². The van der Waals surface area contributed by atoms with Gasteiger partial charge in [0, 0.05) is 5.54 Å². The van der Waals surface area contributed by atoms with Crippen molar-refractivity contribution in [1.29, 1.82) is 0 Å². The van der Waals surface area contributed by atoms with Gasteiger partial charge >= 0.3 is 0 Å². The quantitative estimate of drug-likeness (QED) is 0.608. The van der Waals surface area contributed by atoms with Crippen LogP contribution in [0.5, 0.6) is 0 Å². The predicted octanol–water partition coefficient (Wildman–Crippen LogP) is 2.45. The molecule has 0 spiro atoms. The highest BCUT2D eigenvalue weighted by Gasteiger charge is 2.29. The second-order valence-electron chi connectivity index (χ2n) is 4.87. The molecule has 0 heterocycles. The predicted molar refractivity (Wildman–Crippen MR) is 67.4 cm³/mol. The van der Waals surface area contributed by atoms with Gasteiger partial charge in [0.05, 0.1) is 13.2 Å². The van der Waals surface area contributed by atoms with Crippen LogP contribution in [-0.4, -0.2) is 18.9 Å². The lowest BCUT2D eigenvalue weighted by Crippen LogP contribution is -2.41. The summed E-state index contributed by atoms with van der Waals surface area (Å²) in [4.78, 5) is 0. The molecule has 0 aromatic heterocycles. The van der Waals surface area contributed by atoms with Gasteiger partial charge in [-0.15, -0.1) is 0 Å². The van der Waals surface area contributed by atoms with E-state index < -0.39 is 0 Å². The van der Waals surface area contributed by atoms with E-state index in [4.69, 9.17) is 15.2 Å². The van der Waals surface area contributed by atoms with Crippen molar-refractivity contribution in [2.75, 3.05) is 13.4 Å². The second-order valence-corrected chi connectivity index (χ2v) is 4.87. The van der Waals surface area contributed by atoms with Crippen LogP contribution in [0.2, 0.25) is 0 Å². The number of nitrogens with two attached hydrogens (primary N) is 1. The first-order chi connectivity index (χ1) is 8.29. The van der Waals surface area contributed by atoms with Gasteiger partial charge in [-0.2, -0.15) is 0 Å². The highest BCUT2D eigenvalue weighted by Crippen LogP contribution is 2.27. The van der Waals surface area contributed by atoms with Crippen molar-refractivity contribution in [1.82, 2.24) is 0 Å². The van der Waals surface area contributed by atoms with E-state index in [9.17, 15) is 0 Å². The van der Waals surface area contributed by atoms with Gasteiger partial charge in [0.1, 0.15) is 6.79 Å². The fourth-order valence-electron chi connectivity index (χ4n) is 2.26. The van der Waals surface area contributed by atoms with Crippen molar-refractivity contribution in [2.24, 2.45) is 5.73 Å². The van der Waals surface area contributed by atoms with E-state index in [1.54, 1.807) is 0 Å². The fourth-order valence-corrected chi connectivity index (χ4v) is 2.26. The monoisotopic (exact) mass is 235 g/mol. The van der Waals surface area contributed by atoms with Crippen LogP contribution < -0.4 is 5.73 Å². The summed E-state index contributed by atoms with van der Waals surface area (Å²) in [6.07, 6.45) is 4.60. The second kappa shape index (κ2) is 6.15. The topological polar surface area (TPSA) is 44.5 Å². The van der Waals surface area contributed by atoms with Crippen molar-refractivity contribution in [3.05, 3.63) is 35.9 Å². The Bertz CT molecular complexity index is 320. The van der Waals surface area contributed by atoms with Gasteiger partial charge in [0.15, 0.2) is 0 Å². The smallest absolute Gasteiger partial charge is 0.147 e. The van der Waals surface area contributed by atoms with E-state index in [1.807, 2.05) is 30.3 Å². The molecule has 1 aliphatic carbocycles. The zero-order valence-electron chi connectivity index (χ0n) is 10.2. The van der Waals surface area contributed by atoms with Gasteiger partial charge < -0.3 is 15.2 Å². The van der Waals surface area contributed by atoms with Crippen LogP contribution >= 0.6 is 0 Å². The molecule has 3 heteroatoms. The molecule has 2 rings (SSSR count). The summed E-state index contributed by atoms with van der Waals surface area (Å²) in [5.41, 5.74) is 7.24. The van der Waals surface area contributed by atoms with Gasteiger partial charge in [-0.1, -0.05) is 43.2 Å². The number of hydrogen-bond donors (Lipinski definition) is 1. The molecule has 0 aliphatic heterocycles. The average molecular weight is 235 g/mol. The molecule has 17 heavy (non-hydrogen) atoms. The number of benzene rings is 1. The maximum atomic E-state index is 6.17. The number of ether oxygens (including phenoxy) is 2. The minimum atomic E-state index is -0.101. The highest BCUT2D eigenvalue weighted by atomic mass is 16.7. The zero-order chi connectivity index (χ0) is 12.0. The van der Waals surface area contributed by atoms with Crippen molar-refractivity contribution in [3.8, 4) is 0 Å². The molecule has 0 bridgehead atoms. The Morgan fingerprint density at radius 1 is 1.06 bits per heavy atom. The summed E-state index contributed by atoms with van der Waals surface area (Å²) in [6.45, 7) is 1.54. The Hall–Kier alpha value is -0.900. The van der Waals surface area contributed by atoms with Crippen LogP contribution in [0.15, 0.2) is 30.3 Å². The molecule has 0 unspecified atom stereocenters. The molecule has 2 N–H and O–H groups in total. The van der Waals surface area contributed by atoms with Crippen LogP contribution in [0.4, 0.5) is 0 Å². The van der Waals surface area contributed by atoms with Gasteiger partial charge in [-0.3, -0.25) is 0 Å². The summed E-state index contributed by atoms with van der Waals surface area (Å²) in [6, 6.07) is 10.1. The molecule has 0 saturated heterocycles. The maximum absolute atomic E-state index is 6.17. The van der Waals surface area contributed by atoms with E-state index in [2.05, 4.69) is 0 Å². The molecule has 94 valence electrons. The third-order valence-corrected chi connectivity index (χ3v) is 3.27. The van der Waals surface area contributed by atoms with E-state index in [1.165, 1.54) is 18.4 Å². The Kier molecular flexibility index (Phi) is 4.54. The van der Waals surface area contributed by atoms with Gasteiger partial charge in [-0.05, 0) is 18.4 Å². The molecule has 1 aromatic rings. The normalized spacial score (nSPS) is 18.4. The minimum absolute atomic E-state index is 0.101. The summed E-state index contributed by atoms with van der Waals surface area (Å²) < 4.78 is 10.9. The standard InChI is InChI=1S/C14H21NO2/c15-14(8-4-5-9-14)11-17-12-16-10-13-6-2-1-3-7-13/h1-3,6-7H,4-5,8-12,15H2. The first kappa shape index (κ1) is 12.6. The fraction of sp³-hybridized carbons (Fsp3) is 0.571. The lowest BCUT2D eigenvalue weighted by molar-refractivity contribution is -0.0747. The Labute approximate surface area is 103 Å². The van der Waals surface area contributed by atoms with Crippen molar-refractivity contribution in [2.45, 2.75) is 37.8 Å². The van der Waals surface area contributed by atoms with E-state index >= 15 is 0 Å². The molecule has 0 atom stereocenters. The Morgan fingerprint density at radius 2 is 1.76 bits per heavy atom. The third kappa shape index (κ3) is 4.11. The van der Waals surface area contributed by atoms with Crippen LogP contribution in [-0.2, 0) is 16.1 Å². The molecule has 0 radical (unpaired) electrons. The van der Waals surface area contributed by atoms with Crippen molar-refractivity contribution in [3.63, 3.8) is 0 Å². The third-order valence-electron chi connectivity index (χ3n) is 3.27. The van der Waals surface area contributed by atoms with E-state index in [-0.39, 0.29) is 5.54 Å². The van der Waals surface area contributed by atoms with Crippen LogP contribution in [0.25, 0.3) is 0 Å². The number of hydrogen-bond acceptors (Lipinski definition) is 3.